The highest BCUT2D eigenvalue weighted by Crippen LogP contribution is 2.22. The number of halogens is 1. The lowest BCUT2D eigenvalue weighted by Gasteiger charge is -2.32. The van der Waals surface area contributed by atoms with Crippen LogP contribution < -0.4 is 0 Å². The van der Waals surface area contributed by atoms with Crippen molar-refractivity contribution in [2.45, 2.75) is 25.7 Å². The second kappa shape index (κ2) is 8.51. The van der Waals surface area contributed by atoms with E-state index in [-0.39, 0.29) is 30.0 Å². The molecule has 0 radical (unpaired) electrons. The first-order valence-corrected chi connectivity index (χ1v) is 9.06. The van der Waals surface area contributed by atoms with Crippen LogP contribution in [0.25, 0.3) is 0 Å². The fourth-order valence-corrected chi connectivity index (χ4v) is 3.45. The van der Waals surface area contributed by atoms with E-state index in [1.807, 2.05) is 0 Å². The molecule has 26 heavy (non-hydrogen) atoms. The van der Waals surface area contributed by atoms with Crippen molar-refractivity contribution in [1.29, 1.82) is 0 Å². The minimum Gasteiger partial charge on any atom is -0.390 e. The van der Waals surface area contributed by atoms with Gasteiger partial charge in [-0.1, -0.05) is 0 Å². The van der Waals surface area contributed by atoms with Crippen LogP contribution in [0.5, 0.6) is 0 Å². The van der Waals surface area contributed by atoms with Gasteiger partial charge in [0, 0.05) is 24.4 Å². The first kappa shape index (κ1) is 18.7. The maximum absolute atomic E-state index is 13.0. The molecule has 0 spiro atoms. The number of hydrazone groups is 1. The number of rotatable bonds is 6. The van der Waals surface area contributed by atoms with E-state index in [9.17, 15) is 19.1 Å². The van der Waals surface area contributed by atoms with Gasteiger partial charge in [0.15, 0.2) is 5.78 Å². The third-order valence-electron chi connectivity index (χ3n) is 5.08. The van der Waals surface area contributed by atoms with E-state index >= 15 is 0 Å². The molecule has 3 rings (SSSR count). The van der Waals surface area contributed by atoms with Gasteiger partial charge in [-0.05, 0) is 56.6 Å². The van der Waals surface area contributed by atoms with Crippen LogP contribution in [0.4, 0.5) is 4.39 Å². The Balaban J connectivity index is 1.47. The standard InChI is InChI=1S/C19H24FN3O3/c20-16-3-1-14(2-4-16)19(26)15-7-9-22(10-8-15)11-12-23-18(25)6-5-17(13-24)21-23/h1-4,15,24H,5-13H2. The van der Waals surface area contributed by atoms with Crippen molar-refractivity contribution in [2.24, 2.45) is 11.0 Å². The van der Waals surface area contributed by atoms with Crippen molar-refractivity contribution < 1.29 is 19.1 Å². The summed E-state index contributed by atoms with van der Waals surface area (Å²) in [6.45, 7) is 2.66. The molecule has 2 aliphatic rings. The van der Waals surface area contributed by atoms with Crippen molar-refractivity contribution >= 4 is 17.4 Å². The number of hydrogen-bond donors (Lipinski definition) is 1. The van der Waals surface area contributed by atoms with Crippen molar-refractivity contribution in [3.05, 3.63) is 35.6 Å². The molecule has 2 heterocycles. The van der Waals surface area contributed by atoms with Gasteiger partial charge in [0.25, 0.3) is 0 Å². The number of benzene rings is 1. The molecule has 1 aromatic carbocycles. The summed E-state index contributed by atoms with van der Waals surface area (Å²) in [6, 6.07) is 5.73. The molecule has 1 aromatic rings. The smallest absolute Gasteiger partial charge is 0.243 e. The van der Waals surface area contributed by atoms with Gasteiger partial charge in [-0.15, -0.1) is 0 Å². The average Bonchev–Trinajstić information content (AvgIpc) is 2.68. The topological polar surface area (TPSA) is 73.2 Å². The Morgan fingerprint density at radius 2 is 1.85 bits per heavy atom. The number of Topliss-reactive ketones (excluding diaryl/α,β-unsaturated/α-hetero) is 1. The second-order valence-electron chi connectivity index (χ2n) is 6.83. The number of aliphatic hydroxyl groups is 1. The van der Waals surface area contributed by atoms with Gasteiger partial charge in [0.05, 0.1) is 18.9 Å². The molecule has 6 nitrogen and oxygen atoms in total. The highest BCUT2D eigenvalue weighted by Gasteiger charge is 2.27. The van der Waals surface area contributed by atoms with Gasteiger partial charge in [-0.3, -0.25) is 9.59 Å². The number of aliphatic hydroxyl groups excluding tert-OH is 1. The lowest BCUT2D eigenvalue weighted by Crippen LogP contribution is -2.42. The fourth-order valence-electron chi connectivity index (χ4n) is 3.45. The number of nitrogens with zero attached hydrogens (tertiary/aromatic N) is 3. The van der Waals surface area contributed by atoms with Crippen LogP contribution in [0.15, 0.2) is 29.4 Å². The van der Waals surface area contributed by atoms with E-state index in [0.29, 0.717) is 37.2 Å². The van der Waals surface area contributed by atoms with Gasteiger partial charge in [-0.25, -0.2) is 9.40 Å². The van der Waals surface area contributed by atoms with E-state index in [2.05, 4.69) is 10.0 Å². The fraction of sp³-hybridized carbons (Fsp3) is 0.526. The van der Waals surface area contributed by atoms with E-state index in [1.165, 1.54) is 17.1 Å². The zero-order valence-corrected chi connectivity index (χ0v) is 14.7. The predicted molar refractivity (Wildman–Crippen MR) is 95.4 cm³/mol. The quantitative estimate of drug-likeness (QED) is 0.783. The van der Waals surface area contributed by atoms with Crippen molar-refractivity contribution in [1.82, 2.24) is 9.91 Å². The summed E-state index contributed by atoms with van der Waals surface area (Å²) in [5.74, 6) is -0.306. The Morgan fingerprint density at radius 3 is 2.50 bits per heavy atom. The van der Waals surface area contributed by atoms with E-state index in [4.69, 9.17) is 0 Å². The van der Waals surface area contributed by atoms with Crippen LogP contribution in [0.1, 0.15) is 36.0 Å². The van der Waals surface area contributed by atoms with Gasteiger partial charge >= 0.3 is 0 Å². The van der Waals surface area contributed by atoms with Crippen LogP contribution in [-0.4, -0.2) is 65.2 Å². The Labute approximate surface area is 152 Å². The normalized spacial score (nSPS) is 19.5. The van der Waals surface area contributed by atoms with Crippen molar-refractivity contribution in [3.8, 4) is 0 Å². The first-order chi connectivity index (χ1) is 12.6. The number of hydrogen-bond acceptors (Lipinski definition) is 5. The molecule has 1 fully saturated rings. The molecule has 0 atom stereocenters. The lowest BCUT2D eigenvalue weighted by atomic mass is 9.89. The van der Waals surface area contributed by atoms with Crippen molar-refractivity contribution in [3.63, 3.8) is 0 Å². The second-order valence-corrected chi connectivity index (χ2v) is 6.83. The maximum Gasteiger partial charge on any atom is 0.243 e. The Morgan fingerprint density at radius 1 is 1.15 bits per heavy atom. The summed E-state index contributed by atoms with van der Waals surface area (Å²) in [5.41, 5.74) is 1.21. The van der Waals surface area contributed by atoms with Crippen LogP contribution >= 0.6 is 0 Å². The molecular formula is C19H24FN3O3. The van der Waals surface area contributed by atoms with Crippen LogP contribution in [-0.2, 0) is 4.79 Å². The van der Waals surface area contributed by atoms with Gasteiger partial charge in [-0.2, -0.15) is 5.10 Å². The predicted octanol–water partition coefficient (Wildman–Crippen LogP) is 1.69. The van der Waals surface area contributed by atoms with E-state index in [1.54, 1.807) is 12.1 Å². The summed E-state index contributed by atoms with van der Waals surface area (Å²) >= 11 is 0. The summed E-state index contributed by atoms with van der Waals surface area (Å²) in [4.78, 5) is 26.6. The first-order valence-electron chi connectivity index (χ1n) is 9.06. The molecule has 7 heteroatoms. The molecule has 1 amide bonds. The number of carbonyl (C=O) groups is 2. The monoisotopic (exact) mass is 361 g/mol. The maximum atomic E-state index is 13.0. The van der Waals surface area contributed by atoms with Crippen LogP contribution in [0.3, 0.4) is 0 Å². The summed E-state index contributed by atoms with van der Waals surface area (Å²) in [6.07, 6.45) is 2.45. The average molecular weight is 361 g/mol. The number of likely N-dealkylation sites (tertiary alicyclic amines) is 1. The number of carbonyl (C=O) groups excluding carboxylic acids is 2. The molecule has 1 N–H and O–H groups in total. The SMILES string of the molecule is O=C(c1ccc(F)cc1)C1CCN(CCN2N=C(CO)CCC2=O)CC1. The molecule has 140 valence electrons. The molecule has 1 saturated heterocycles. The zero-order valence-electron chi connectivity index (χ0n) is 14.7. The minimum atomic E-state index is -0.337. The Bertz CT molecular complexity index is 682. The largest absolute Gasteiger partial charge is 0.390 e. The lowest BCUT2D eigenvalue weighted by molar-refractivity contribution is -0.132. The number of ketones is 1. The Hall–Kier alpha value is -2.12. The third kappa shape index (κ3) is 4.53. The van der Waals surface area contributed by atoms with Crippen LogP contribution in [0, 0.1) is 11.7 Å². The van der Waals surface area contributed by atoms with Gasteiger partial charge in [0.1, 0.15) is 5.82 Å². The highest BCUT2D eigenvalue weighted by atomic mass is 19.1. The third-order valence-corrected chi connectivity index (χ3v) is 5.08. The van der Waals surface area contributed by atoms with E-state index < -0.39 is 0 Å². The van der Waals surface area contributed by atoms with E-state index in [0.717, 1.165) is 25.9 Å². The summed E-state index contributed by atoms with van der Waals surface area (Å²) in [7, 11) is 0. The molecule has 0 aromatic heterocycles. The summed E-state index contributed by atoms with van der Waals surface area (Å²) in [5, 5.41) is 14.8. The molecule has 0 saturated carbocycles. The van der Waals surface area contributed by atoms with Gasteiger partial charge in [0.2, 0.25) is 5.91 Å². The number of amides is 1. The molecule has 0 unspecified atom stereocenters. The van der Waals surface area contributed by atoms with Crippen LogP contribution in [0.2, 0.25) is 0 Å². The number of piperidine rings is 1. The molecule has 2 aliphatic heterocycles. The molecule has 0 bridgehead atoms. The highest BCUT2D eigenvalue weighted by molar-refractivity contribution is 5.97. The summed E-state index contributed by atoms with van der Waals surface area (Å²) < 4.78 is 13.0. The Kier molecular flexibility index (Phi) is 6.11. The molecular weight excluding hydrogens is 337 g/mol. The minimum absolute atomic E-state index is 0.0106. The van der Waals surface area contributed by atoms with Crippen molar-refractivity contribution in [2.75, 3.05) is 32.8 Å². The molecule has 0 aliphatic carbocycles. The van der Waals surface area contributed by atoms with Gasteiger partial charge < -0.3 is 10.0 Å². The zero-order chi connectivity index (χ0) is 18.5.